The van der Waals surface area contributed by atoms with Gasteiger partial charge < -0.3 is 24.3 Å². The number of nitriles is 1. The van der Waals surface area contributed by atoms with Crippen LogP contribution in [0.5, 0.6) is 23.0 Å². The quantitative estimate of drug-likeness (QED) is 0.154. The number of methoxy groups -OCH3 is 3. The number of carbonyl (C=O) groups is 1. The molecule has 192 valence electrons. The number of ether oxygens (including phenoxy) is 4. The number of rotatable bonds is 10. The van der Waals surface area contributed by atoms with E-state index in [2.05, 4.69) is 27.9 Å². The lowest BCUT2D eigenvalue weighted by molar-refractivity contribution is -0.117. The number of benzene rings is 3. The van der Waals surface area contributed by atoms with Gasteiger partial charge in [-0.1, -0.05) is 29.3 Å². The van der Waals surface area contributed by atoms with Crippen LogP contribution in [-0.2, 0) is 17.9 Å². The van der Waals surface area contributed by atoms with Crippen LogP contribution in [0.4, 0.5) is 0 Å². The zero-order chi connectivity index (χ0) is 26.9. The average molecular weight is 653 g/mol. The van der Waals surface area contributed by atoms with E-state index in [1.807, 2.05) is 12.1 Å². The van der Waals surface area contributed by atoms with Crippen LogP contribution in [0, 0.1) is 14.9 Å². The molecule has 1 N–H and O–H groups in total. The van der Waals surface area contributed by atoms with Gasteiger partial charge in [-0.05, 0) is 76.2 Å². The summed E-state index contributed by atoms with van der Waals surface area (Å²) in [7, 11) is 4.61. The molecule has 3 aromatic rings. The van der Waals surface area contributed by atoms with E-state index in [9.17, 15) is 10.1 Å². The molecular formula is C27H23Cl2IN2O5. The van der Waals surface area contributed by atoms with Crippen LogP contribution < -0.4 is 24.3 Å². The second-order valence-electron chi connectivity index (χ2n) is 7.60. The van der Waals surface area contributed by atoms with Crippen LogP contribution in [0.25, 0.3) is 6.08 Å². The molecule has 0 aromatic heterocycles. The second-order valence-corrected chi connectivity index (χ2v) is 9.58. The van der Waals surface area contributed by atoms with Gasteiger partial charge in [0.1, 0.15) is 29.7 Å². The fourth-order valence-corrected chi connectivity index (χ4v) is 4.43. The molecule has 0 unspecified atom stereocenters. The Bertz CT molecular complexity index is 1370. The third-order valence-electron chi connectivity index (χ3n) is 5.23. The van der Waals surface area contributed by atoms with E-state index >= 15 is 0 Å². The molecule has 0 aliphatic heterocycles. The highest BCUT2D eigenvalue weighted by Gasteiger charge is 2.15. The van der Waals surface area contributed by atoms with Gasteiger partial charge in [-0.3, -0.25) is 4.79 Å². The first-order chi connectivity index (χ1) is 17.8. The van der Waals surface area contributed by atoms with E-state index in [-0.39, 0.29) is 18.7 Å². The Labute approximate surface area is 239 Å². The van der Waals surface area contributed by atoms with Crippen LogP contribution in [0.2, 0.25) is 10.0 Å². The van der Waals surface area contributed by atoms with Crippen LogP contribution >= 0.6 is 45.8 Å². The number of hydrogen-bond acceptors (Lipinski definition) is 6. The summed E-state index contributed by atoms with van der Waals surface area (Å²) in [6.45, 7) is 0.423. The number of nitrogens with one attached hydrogen (secondary N) is 1. The van der Waals surface area contributed by atoms with Gasteiger partial charge in [0.15, 0.2) is 11.5 Å². The highest BCUT2D eigenvalue weighted by Crippen LogP contribution is 2.35. The molecule has 7 nitrogen and oxygen atoms in total. The third kappa shape index (κ3) is 7.44. The molecule has 0 radical (unpaired) electrons. The standard InChI is InChI=1S/C27H23Cl2IN2O5/c1-34-20-6-5-18(24(12-20)35-2)14-32-27(33)19(13-31)8-17-10-23(30)26(25(11-17)36-3)37-15-16-4-7-21(28)22(29)9-16/h4-12H,14-15H2,1-3H3,(H,32,33)/b19-8+. The minimum atomic E-state index is -0.519. The fraction of sp³-hybridized carbons (Fsp3) is 0.185. The van der Waals surface area contributed by atoms with Gasteiger partial charge in [0.2, 0.25) is 0 Å². The maximum absolute atomic E-state index is 12.7. The van der Waals surface area contributed by atoms with E-state index in [1.54, 1.807) is 49.6 Å². The fourth-order valence-electron chi connectivity index (χ4n) is 3.33. The largest absolute Gasteiger partial charge is 0.497 e. The Kier molecular flexibility index (Phi) is 10.3. The highest BCUT2D eigenvalue weighted by atomic mass is 127. The van der Waals surface area contributed by atoms with Gasteiger partial charge in [0.05, 0.1) is 34.9 Å². The van der Waals surface area contributed by atoms with Crippen molar-refractivity contribution in [3.8, 4) is 29.1 Å². The number of amides is 1. The van der Waals surface area contributed by atoms with Crippen LogP contribution in [-0.4, -0.2) is 27.2 Å². The van der Waals surface area contributed by atoms with Crippen LogP contribution in [0.15, 0.2) is 54.1 Å². The summed E-state index contributed by atoms with van der Waals surface area (Å²) < 4.78 is 22.8. The van der Waals surface area contributed by atoms with E-state index in [0.29, 0.717) is 38.6 Å². The summed E-state index contributed by atoms with van der Waals surface area (Å²) in [5, 5.41) is 13.3. The Morgan fingerprint density at radius 1 is 1.00 bits per heavy atom. The molecule has 1 amide bonds. The maximum atomic E-state index is 12.7. The Balaban J connectivity index is 1.76. The maximum Gasteiger partial charge on any atom is 0.262 e. The SMILES string of the molecule is COc1ccc(CNC(=O)/C(C#N)=C/c2cc(I)c(OCc3ccc(Cl)c(Cl)c3)c(OC)c2)c(OC)c1. The van der Waals surface area contributed by atoms with Crippen molar-refractivity contribution >= 4 is 57.8 Å². The van der Waals surface area contributed by atoms with E-state index in [0.717, 1.165) is 14.7 Å². The van der Waals surface area contributed by atoms with Crippen molar-refractivity contribution in [1.29, 1.82) is 5.26 Å². The number of halogens is 3. The number of nitrogens with zero attached hydrogens (tertiary/aromatic N) is 1. The Morgan fingerprint density at radius 2 is 1.76 bits per heavy atom. The Hall–Kier alpha value is -3.13. The van der Waals surface area contributed by atoms with E-state index < -0.39 is 5.91 Å². The molecule has 0 saturated heterocycles. The minimum Gasteiger partial charge on any atom is -0.497 e. The minimum absolute atomic E-state index is 0.0604. The molecule has 0 aliphatic rings. The Morgan fingerprint density at radius 3 is 2.41 bits per heavy atom. The van der Waals surface area contributed by atoms with Crippen LogP contribution in [0.3, 0.4) is 0 Å². The van der Waals surface area contributed by atoms with Crippen LogP contribution in [0.1, 0.15) is 16.7 Å². The topological polar surface area (TPSA) is 89.8 Å². The van der Waals surface area contributed by atoms with Crippen molar-refractivity contribution < 1.29 is 23.7 Å². The summed E-state index contributed by atoms with van der Waals surface area (Å²) >= 11 is 14.2. The zero-order valence-corrected chi connectivity index (χ0v) is 23.9. The molecule has 10 heteroatoms. The van der Waals surface area contributed by atoms with Gasteiger partial charge in [-0.15, -0.1) is 0 Å². The van der Waals surface area contributed by atoms with Crippen molar-refractivity contribution in [2.75, 3.05) is 21.3 Å². The molecule has 3 aromatic carbocycles. The third-order valence-corrected chi connectivity index (χ3v) is 6.77. The molecule has 0 saturated carbocycles. The zero-order valence-electron chi connectivity index (χ0n) is 20.2. The summed E-state index contributed by atoms with van der Waals surface area (Å²) in [6.07, 6.45) is 1.49. The lowest BCUT2D eigenvalue weighted by Gasteiger charge is -2.14. The summed E-state index contributed by atoms with van der Waals surface area (Å²) in [5.41, 5.74) is 2.13. The molecule has 0 fully saturated rings. The molecule has 3 rings (SSSR count). The van der Waals surface area contributed by atoms with Crippen molar-refractivity contribution in [3.63, 3.8) is 0 Å². The van der Waals surface area contributed by atoms with Gasteiger partial charge in [0, 0.05) is 18.2 Å². The van der Waals surface area contributed by atoms with Crippen molar-refractivity contribution in [1.82, 2.24) is 5.32 Å². The molecule has 0 atom stereocenters. The van der Waals surface area contributed by atoms with E-state index in [1.165, 1.54) is 20.3 Å². The van der Waals surface area contributed by atoms with Crippen molar-refractivity contribution in [2.45, 2.75) is 13.2 Å². The van der Waals surface area contributed by atoms with Gasteiger partial charge in [0.25, 0.3) is 5.91 Å². The normalized spacial score (nSPS) is 10.9. The van der Waals surface area contributed by atoms with Crippen molar-refractivity contribution in [2.24, 2.45) is 0 Å². The average Bonchev–Trinajstić information content (AvgIpc) is 2.91. The predicted molar refractivity (Wildman–Crippen MR) is 151 cm³/mol. The monoisotopic (exact) mass is 652 g/mol. The summed E-state index contributed by atoms with van der Waals surface area (Å²) in [4.78, 5) is 12.7. The number of hydrogen-bond donors (Lipinski definition) is 1. The molecular weight excluding hydrogens is 630 g/mol. The second kappa shape index (κ2) is 13.4. The molecule has 0 heterocycles. The van der Waals surface area contributed by atoms with Gasteiger partial charge in [-0.25, -0.2) is 0 Å². The summed E-state index contributed by atoms with van der Waals surface area (Å²) in [5.74, 6) is 1.67. The van der Waals surface area contributed by atoms with Gasteiger partial charge >= 0.3 is 0 Å². The summed E-state index contributed by atoms with van der Waals surface area (Å²) in [6, 6.07) is 16.0. The lowest BCUT2D eigenvalue weighted by Crippen LogP contribution is -2.24. The smallest absolute Gasteiger partial charge is 0.262 e. The lowest BCUT2D eigenvalue weighted by atomic mass is 10.1. The number of carbonyl (C=O) groups excluding carboxylic acids is 1. The first-order valence-corrected chi connectivity index (χ1v) is 12.7. The first kappa shape index (κ1) is 28.4. The van der Waals surface area contributed by atoms with E-state index in [4.69, 9.17) is 42.1 Å². The molecule has 37 heavy (non-hydrogen) atoms. The molecule has 0 bridgehead atoms. The molecule has 0 spiro atoms. The van der Waals surface area contributed by atoms with Crippen molar-refractivity contribution in [3.05, 3.63) is 84.4 Å². The predicted octanol–water partition coefficient (Wildman–Crippen LogP) is 6.43. The van der Waals surface area contributed by atoms with Gasteiger partial charge in [-0.2, -0.15) is 5.26 Å². The molecule has 0 aliphatic carbocycles. The first-order valence-electron chi connectivity index (χ1n) is 10.8. The highest BCUT2D eigenvalue weighted by molar-refractivity contribution is 14.1.